The van der Waals surface area contributed by atoms with Gasteiger partial charge < -0.3 is 9.47 Å². The normalized spacial score (nSPS) is 19.1. The summed E-state index contributed by atoms with van der Waals surface area (Å²) in [6, 6.07) is 4.06. The summed E-state index contributed by atoms with van der Waals surface area (Å²) in [4.78, 5) is 11.2. The van der Waals surface area contributed by atoms with Crippen molar-refractivity contribution < 1.29 is 27.4 Å². The Morgan fingerprint density at radius 2 is 2.17 bits per heavy atom. The number of carbonyl (C=O) groups excluding carboxylic acids is 1. The highest BCUT2D eigenvalue weighted by atomic mass is 19.4. The van der Waals surface area contributed by atoms with Crippen molar-refractivity contribution in [1.82, 2.24) is 0 Å². The van der Waals surface area contributed by atoms with Gasteiger partial charge in [-0.3, -0.25) is 4.79 Å². The molecule has 1 unspecified atom stereocenters. The molecule has 0 amide bonds. The Kier molecular flexibility index (Phi) is 3.19. The van der Waals surface area contributed by atoms with Crippen LogP contribution >= 0.6 is 0 Å². The Morgan fingerprint density at radius 3 is 2.78 bits per heavy atom. The number of halogens is 3. The number of alkyl halides is 3. The summed E-state index contributed by atoms with van der Waals surface area (Å²) >= 11 is 0. The number of carbonyl (C=O) groups is 1. The van der Waals surface area contributed by atoms with Crippen LogP contribution in [0.3, 0.4) is 0 Å². The van der Waals surface area contributed by atoms with Gasteiger partial charge in [-0.15, -0.1) is 0 Å². The molecule has 6 heteroatoms. The summed E-state index contributed by atoms with van der Waals surface area (Å²) in [6.07, 6.45) is -5.13. The highest BCUT2D eigenvalue weighted by Gasteiger charge is 2.46. The molecule has 98 valence electrons. The topological polar surface area (TPSA) is 35.5 Å². The summed E-state index contributed by atoms with van der Waals surface area (Å²) in [5.41, 5.74) is -0.0226. The Labute approximate surface area is 102 Å². The third kappa shape index (κ3) is 2.42. The van der Waals surface area contributed by atoms with Gasteiger partial charge in [0, 0.05) is 11.6 Å². The van der Waals surface area contributed by atoms with E-state index < -0.39 is 24.5 Å². The van der Waals surface area contributed by atoms with Crippen LogP contribution in [0.5, 0.6) is 11.5 Å². The highest BCUT2D eigenvalue weighted by molar-refractivity contribution is 5.77. The van der Waals surface area contributed by atoms with Gasteiger partial charge in [-0.1, -0.05) is 6.07 Å². The molecule has 0 fully saturated rings. The van der Waals surface area contributed by atoms with Crippen molar-refractivity contribution in [3.05, 3.63) is 23.8 Å². The van der Waals surface area contributed by atoms with Crippen LogP contribution in [0.1, 0.15) is 24.8 Å². The molecule has 0 N–H and O–H groups in total. The zero-order chi connectivity index (χ0) is 13.3. The van der Waals surface area contributed by atoms with Gasteiger partial charge in [0.05, 0.1) is 18.9 Å². The Morgan fingerprint density at radius 1 is 1.44 bits per heavy atom. The van der Waals surface area contributed by atoms with Crippen molar-refractivity contribution in [2.75, 3.05) is 6.61 Å². The van der Waals surface area contributed by atoms with Crippen LogP contribution in [0, 0.1) is 0 Å². The largest absolute Gasteiger partial charge is 0.494 e. The number of benzene rings is 1. The summed E-state index contributed by atoms with van der Waals surface area (Å²) < 4.78 is 48.4. The van der Waals surface area contributed by atoms with E-state index in [4.69, 9.17) is 9.47 Å². The van der Waals surface area contributed by atoms with Gasteiger partial charge in [-0.25, -0.2) is 0 Å². The zero-order valence-corrected chi connectivity index (χ0v) is 9.58. The van der Waals surface area contributed by atoms with Crippen molar-refractivity contribution in [3.8, 4) is 11.5 Å². The molecular formula is C12H11F3O3. The molecule has 1 heterocycles. The number of fused-ring (bicyclic) bond motifs is 1. The van der Waals surface area contributed by atoms with Crippen LogP contribution in [0.15, 0.2) is 18.2 Å². The first-order valence-electron chi connectivity index (χ1n) is 5.46. The van der Waals surface area contributed by atoms with Crippen molar-refractivity contribution in [2.45, 2.75) is 25.4 Å². The third-order valence-electron chi connectivity index (χ3n) is 2.66. The summed E-state index contributed by atoms with van der Waals surface area (Å²) in [7, 11) is 0. The molecule has 1 aliphatic rings. The fraction of sp³-hybridized carbons (Fsp3) is 0.417. The molecule has 0 saturated heterocycles. The maximum absolute atomic E-state index is 12.8. The lowest BCUT2D eigenvalue weighted by molar-refractivity contribution is -0.165. The van der Waals surface area contributed by atoms with Crippen molar-refractivity contribution >= 4 is 5.97 Å². The molecule has 0 bridgehead atoms. The minimum atomic E-state index is -4.46. The lowest BCUT2D eigenvalue weighted by Crippen LogP contribution is -2.30. The average Bonchev–Trinajstić information content (AvgIpc) is 2.26. The molecule has 0 aromatic heterocycles. The maximum Gasteiger partial charge on any atom is 0.396 e. The molecule has 0 radical (unpaired) electrons. The fourth-order valence-corrected chi connectivity index (χ4v) is 1.88. The van der Waals surface area contributed by atoms with E-state index in [1.807, 2.05) is 0 Å². The Bertz CT molecular complexity index is 468. The van der Waals surface area contributed by atoms with E-state index in [2.05, 4.69) is 0 Å². The second-order valence-electron chi connectivity index (χ2n) is 3.91. The predicted molar refractivity (Wildman–Crippen MR) is 56.7 cm³/mol. The Hall–Kier alpha value is -1.72. The Balaban J connectivity index is 2.41. The van der Waals surface area contributed by atoms with Gasteiger partial charge in [0.1, 0.15) is 11.5 Å². The third-order valence-corrected chi connectivity index (χ3v) is 2.66. The SMILES string of the molecule is CCOc1ccc2c(c1)OC(=O)CC2C(F)(F)F. The molecule has 18 heavy (non-hydrogen) atoms. The van der Waals surface area contributed by atoms with E-state index in [9.17, 15) is 18.0 Å². The molecule has 2 rings (SSSR count). The lowest BCUT2D eigenvalue weighted by atomic mass is 9.92. The fourth-order valence-electron chi connectivity index (χ4n) is 1.88. The molecule has 1 atom stereocenters. The van der Waals surface area contributed by atoms with Crippen LogP contribution < -0.4 is 9.47 Å². The highest BCUT2D eigenvalue weighted by Crippen LogP contribution is 2.45. The summed E-state index contributed by atoms with van der Waals surface area (Å²) in [5.74, 6) is -2.37. The average molecular weight is 260 g/mol. The molecule has 1 aliphatic heterocycles. The van der Waals surface area contributed by atoms with Crippen LogP contribution in [0.2, 0.25) is 0 Å². The lowest BCUT2D eigenvalue weighted by Gasteiger charge is -2.26. The van der Waals surface area contributed by atoms with Crippen LogP contribution in [0.25, 0.3) is 0 Å². The maximum atomic E-state index is 12.8. The second kappa shape index (κ2) is 4.51. The van der Waals surface area contributed by atoms with Crippen LogP contribution in [-0.4, -0.2) is 18.8 Å². The van der Waals surface area contributed by atoms with Gasteiger partial charge in [0.2, 0.25) is 0 Å². The smallest absolute Gasteiger partial charge is 0.396 e. The van der Waals surface area contributed by atoms with Crippen molar-refractivity contribution in [1.29, 1.82) is 0 Å². The van der Waals surface area contributed by atoms with E-state index >= 15 is 0 Å². The van der Waals surface area contributed by atoms with Crippen molar-refractivity contribution in [3.63, 3.8) is 0 Å². The van der Waals surface area contributed by atoms with E-state index in [0.717, 1.165) is 0 Å². The zero-order valence-electron chi connectivity index (χ0n) is 9.58. The molecule has 1 aromatic carbocycles. The first kappa shape index (κ1) is 12.7. The monoisotopic (exact) mass is 260 g/mol. The van der Waals surface area contributed by atoms with Crippen molar-refractivity contribution in [2.24, 2.45) is 0 Å². The van der Waals surface area contributed by atoms with E-state index in [1.54, 1.807) is 6.92 Å². The number of ether oxygens (including phenoxy) is 2. The minimum absolute atomic E-state index is 0.0226. The van der Waals surface area contributed by atoms with Gasteiger partial charge in [-0.2, -0.15) is 13.2 Å². The number of rotatable bonds is 2. The molecule has 0 aliphatic carbocycles. The first-order chi connectivity index (χ1) is 8.41. The van der Waals surface area contributed by atoms with Gasteiger partial charge in [-0.05, 0) is 13.0 Å². The van der Waals surface area contributed by atoms with Gasteiger partial charge in [0.15, 0.2) is 0 Å². The molecule has 3 nitrogen and oxygen atoms in total. The van der Waals surface area contributed by atoms with Gasteiger partial charge >= 0.3 is 12.1 Å². The molecular weight excluding hydrogens is 249 g/mol. The quantitative estimate of drug-likeness (QED) is 0.605. The van der Waals surface area contributed by atoms with E-state index in [1.165, 1.54) is 18.2 Å². The molecule has 1 aromatic rings. The summed E-state index contributed by atoms with van der Waals surface area (Å²) in [5, 5.41) is 0. The molecule has 0 saturated carbocycles. The minimum Gasteiger partial charge on any atom is -0.494 e. The molecule has 0 spiro atoms. The van der Waals surface area contributed by atoms with Crippen LogP contribution in [-0.2, 0) is 4.79 Å². The predicted octanol–water partition coefficient (Wildman–Crippen LogP) is 3.04. The summed E-state index contributed by atoms with van der Waals surface area (Å²) in [6.45, 7) is 2.14. The van der Waals surface area contributed by atoms with Crippen LogP contribution in [0.4, 0.5) is 13.2 Å². The van der Waals surface area contributed by atoms with Gasteiger partial charge in [0.25, 0.3) is 0 Å². The second-order valence-corrected chi connectivity index (χ2v) is 3.91. The standard InChI is InChI=1S/C12H11F3O3/c1-2-17-7-3-4-8-9(12(13,14)15)6-11(16)18-10(8)5-7/h3-5,9H,2,6H2,1H3. The van der Waals surface area contributed by atoms with E-state index in [-0.39, 0.29) is 11.3 Å². The number of hydrogen-bond donors (Lipinski definition) is 0. The van der Waals surface area contributed by atoms with E-state index in [0.29, 0.717) is 12.4 Å². The number of hydrogen-bond acceptors (Lipinski definition) is 3. The first-order valence-corrected chi connectivity index (χ1v) is 5.46. The number of esters is 1.